The number of halogens is 3. The van der Waals surface area contributed by atoms with E-state index in [-0.39, 0.29) is 11.4 Å². The van der Waals surface area contributed by atoms with Crippen molar-refractivity contribution in [2.24, 2.45) is 0 Å². The summed E-state index contributed by atoms with van der Waals surface area (Å²) in [5.74, 6) is 5.29. The van der Waals surface area contributed by atoms with Gasteiger partial charge in [-0.1, -0.05) is 5.92 Å². The Kier molecular flexibility index (Phi) is 3.42. The number of pyridine rings is 1. The number of thiol groups is 1. The van der Waals surface area contributed by atoms with Crippen LogP contribution >= 0.6 is 12.6 Å². The zero-order valence-corrected chi connectivity index (χ0v) is 7.86. The monoisotopic (exact) mass is 217 g/mol. The van der Waals surface area contributed by atoms with Crippen LogP contribution in [0.25, 0.3) is 0 Å². The zero-order chi connectivity index (χ0) is 10.6. The van der Waals surface area contributed by atoms with Gasteiger partial charge in [0.25, 0.3) is 0 Å². The summed E-state index contributed by atoms with van der Waals surface area (Å²) < 4.78 is 36.6. The molecule has 0 saturated carbocycles. The van der Waals surface area contributed by atoms with Crippen LogP contribution in [-0.2, 0) is 6.18 Å². The van der Waals surface area contributed by atoms with Gasteiger partial charge in [0.15, 0.2) is 0 Å². The lowest BCUT2D eigenvalue weighted by Crippen LogP contribution is -2.05. The van der Waals surface area contributed by atoms with E-state index < -0.39 is 11.7 Å². The summed E-state index contributed by atoms with van der Waals surface area (Å²) in [6.45, 7) is 0. The van der Waals surface area contributed by atoms with Gasteiger partial charge in [0.2, 0.25) is 0 Å². The highest BCUT2D eigenvalue weighted by atomic mass is 32.1. The van der Waals surface area contributed by atoms with Gasteiger partial charge in [-0.25, -0.2) is 4.98 Å². The third-order valence-electron chi connectivity index (χ3n) is 1.38. The van der Waals surface area contributed by atoms with Gasteiger partial charge in [-0.15, -0.1) is 0 Å². The smallest absolute Gasteiger partial charge is 0.248 e. The number of alkyl halides is 3. The first-order chi connectivity index (χ1) is 6.54. The Morgan fingerprint density at radius 1 is 1.43 bits per heavy atom. The normalized spacial score (nSPS) is 10.6. The van der Waals surface area contributed by atoms with E-state index in [4.69, 9.17) is 0 Å². The number of aromatic nitrogens is 1. The topological polar surface area (TPSA) is 12.9 Å². The number of rotatable bonds is 0. The maximum atomic E-state index is 12.2. The molecule has 0 aromatic carbocycles. The molecule has 0 spiro atoms. The summed E-state index contributed by atoms with van der Waals surface area (Å²) in [5.41, 5.74) is -0.634. The molecule has 0 atom stereocenters. The van der Waals surface area contributed by atoms with E-state index in [1.807, 2.05) is 0 Å². The molecule has 0 aliphatic rings. The molecule has 0 N–H and O–H groups in total. The summed E-state index contributed by atoms with van der Waals surface area (Å²) >= 11 is 3.81. The molecule has 14 heavy (non-hydrogen) atoms. The predicted molar refractivity (Wildman–Crippen MR) is 50.0 cm³/mol. The van der Waals surface area contributed by atoms with Crippen LogP contribution < -0.4 is 0 Å². The first-order valence-corrected chi connectivity index (χ1v) is 4.30. The summed E-state index contributed by atoms with van der Waals surface area (Å²) in [5, 5.41) is 0. The van der Waals surface area contributed by atoms with E-state index in [9.17, 15) is 13.2 Å². The van der Waals surface area contributed by atoms with E-state index in [2.05, 4.69) is 29.5 Å². The van der Waals surface area contributed by atoms with Crippen LogP contribution in [0.4, 0.5) is 13.2 Å². The second kappa shape index (κ2) is 4.38. The Balaban J connectivity index is 3.02. The van der Waals surface area contributed by atoms with Crippen LogP contribution in [0.5, 0.6) is 0 Å². The average molecular weight is 217 g/mol. The Labute approximate surface area is 84.8 Å². The second-order valence-electron chi connectivity index (χ2n) is 2.39. The van der Waals surface area contributed by atoms with E-state index in [1.165, 1.54) is 0 Å². The van der Waals surface area contributed by atoms with Crippen molar-refractivity contribution in [2.45, 2.75) is 6.18 Å². The van der Waals surface area contributed by atoms with Crippen LogP contribution in [-0.4, -0.2) is 10.7 Å². The third-order valence-corrected chi connectivity index (χ3v) is 1.54. The summed E-state index contributed by atoms with van der Waals surface area (Å²) in [4.78, 5) is 3.68. The van der Waals surface area contributed by atoms with Gasteiger partial charge < -0.3 is 0 Å². The Hall–Kier alpha value is -1.15. The van der Waals surface area contributed by atoms with Crippen LogP contribution in [0.2, 0.25) is 0 Å². The molecule has 5 heteroatoms. The molecule has 0 aliphatic carbocycles. The molecule has 1 aromatic rings. The lowest BCUT2D eigenvalue weighted by molar-refractivity contribution is -0.137. The predicted octanol–water partition coefficient (Wildman–Crippen LogP) is 2.38. The molecule has 0 radical (unpaired) electrons. The van der Waals surface area contributed by atoms with Crippen molar-refractivity contribution in [2.75, 3.05) is 5.75 Å². The van der Waals surface area contributed by atoms with E-state index in [0.717, 1.165) is 18.3 Å². The highest BCUT2D eigenvalue weighted by Gasteiger charge is 2.30. The zero-order valence-electron chi connectivity index (χ0n) is 6.97. The van der Waals surface area contributed by atoms with Gasteiger partial charge in [0.1, 0.15) is 5.69 Å². The fourth-order valence-electron chi connectivity index (χ4n) is 0.805. The fraction of sp³-hybridized carbons (Fsp3) is 0.222. The van der Waals surface area contributed by atoms with Gasteiger partial charge >= 0.3 is 6.18 Å². The van der Waals surface area contributed by atoms with Gasteiger partial charge in [-0.2, -0.15) is 25.8 Å². The summed E-state index contributed by atoms with van der Waals surface area (Å²) in [6.07, 6.45) is -3.26. The molecule has 1 aromatic heterocycles. The van der Waals surface area contributed by atoms with Crippen LogP contribution in [0.3, 0.4) is 0 Å². The standard InChI is InChI=1S/C9H6F3NS/c10-9(11,12)7-3-4-13-8(6-7)2-1-5-14/h3-4,6,14H,5H2. The van der Waals surface area contributed by atoms with Gasteiger partial charge in [0, 0.05) is 6.20 Å². The van der Waals surface area contributed by atoms with Crippen molar-refractivity contribution in [1.29, 1.82) is 0 Å². The van der Waals surface area contributed by atoms with Crippen LogP contribution in [0.1, 0.15) is 11.3 Å². The molecule has 0 bridgehead atoms. The molecular weight excluding hydrogens is 211 g/mol. The average Bonchev–Trinajstić information content (AvgIpc) is 2.14. The van der Waals surface area contributed by atoms with E-state index in [0.29, 0.717) is 0 Å². The number of hydrogen-bond acceptors (Lipinski definition) is 2. The molecule has 74 valence electrons. The maximum Gasteiger partial charge on any atom is 0.416 e. The minimum atomic E-state index is -4.35. The molecule has 0 amide bonds. The summed E-state index contributed by atoms with van der Waals surface area (Å²) in [6, 6.07) is 1.82. The maximum absolute atomic E-state index is 12.2. The molecule has 0 unspecified atom stereocenters. The molecule has 1 nitrogen and oxygen atoms in total. The van der Waals surface area contributed by atoms with Gasteiger partial charge in [-0.3, -0.25) is 0 Å². The first-order valence-electron chi connectivity index (χ1n) is 3.67. The first kappa shape index (κ1) is 10.9. The van der Waals surface area contributed by atoms with Crippen molar-refractivity contribution in [3.8, 4) is 11.8 Å². The quantitative estimate of drug-likeness (QED) is 0.520. The Bertz CT molecular complexity index is 376. The van der Waals surface area contributed by atoms with Crippen molar-refractivity contribution in [1.82, 2.24) is 4.98 Å². The molecular formula is C9H6F3NS. The summed E-state index contributed by atoms with van der Waals surface area (Å²) in [7, 11) is 0. The highest BCUT2D eigenvalue weighted by Crippen LogP contribution is 2.28. The van der Waals surface area contributed by atoms with Crippen molar-refractivity contribution in [3.05, 3.63) is 29.6 Å². The molecule has 0 fully saturated rings. The van der Waals surface area contributed by atoms with Gasteiger partial charge in [0.05, 0.1) is 11.3 Å². The van der Waals surface area contributed by atoms with Crippen LogP contribution in [0.15, 0.2) is 18.3 Å². The SMILES string of the molecule is FC(F)(F)c1ccnc(C#CCS)c1. The molecule has 1 rings (SSSR count). The third kappa shape index (κ3) is 2.96. The minimum Gasteiger partial charge on any atom is -0.248 e. The lowest BCUT2D eigenvalue weighted by Gasteiger charge is -2.05. The number of nitrogens with zero attached hydrogens (tertiary/aromatic N) is 1. The van der Waals surface area contributed by atoms with Crippen molar-refractivity contribution < 1.29 is 13.2 Å². The highest BCUT2D eigenvalue weighted by molar-refractivity contribution is 7.80. The van der Waals surface area contributed by atoms with E-state index in [1.54, 1.807) is 0 Å². The van der Waals surface area contributed by atoms with Crippen molar-refractivity contribution in [3.63, 3.8) is 0 Å². The molecule has 1 heterocycles. The lowest BCUT2D eigenvalue weighted by atomic mass is 10.2. The molecule has 0 aliphatic heterocycles. The van der Waals surface area contributed by atoms with Gasteiger partial charge in [-0.05, 0) is 18.1 Å². The molecule has 0 saturated heterocycles. The minimum absolute atomic E-state index is 0.105. The number of hydrogen-bond donors (Lipinski definition) is 1. The van der Waals surface area contributed by atoms with E-state index >= 15 is 0 Å². The Morgan fingerprint density at radius 2 is 2.14 bits per heavy atom. The fourth-order valence-corrected chi connectivity index (χ4v) is 0.884. The largest absolute Gasteiger partial charge is 0.416 e. The Morgan fingerprint density at radius 3 is 2.71 bits per heavy atom. The van der Waals surface area contributed by atoms with Crippen molar-refractivity contribution >= 4 is 12.6 Å². The van der Waals surface area contributed by atoms with Crippen LogP contribution in [0, 0.1) is 11.8 Å². The second-order valence-corrected chi connectivity index (χ2v) is 2.70.